The van der Waals surface area contributed by atoms with E-state index in [1.165, 1.54) is 0 Å². The molecule has 3 atom stereocenters. The number of Topliss-reactive ketones (excluding diaryl/α,β-unsaturated/α-hetero) is 1. The number of ketones is 1. The monoisotopic (exact) mass is 256 g/mol. The van der Waals surface area contributed by atoms with Gasteiger partial charge in [-0.1, -0.05) is 6.92 Å². The molecule has 1 rings (SSSR count). The van der Waals surface area contributed by atoms with Crippen LogP contribution in [-0.2, 0) is 19.1 Å². The van der Waals surface area contributed by atoms with E-state index in [0.29, 0.717) is 0 Å². The molecule has 18 heavy (non-hydrogen) atoms. The zero-order chi connectivity index (χ0) is 13.9. The fourth-order valence-corrected chi connectivity index (χ4v) is 1.99. The molecule has 1 aliphatic rings. The number of amides is 2. The molecule has 0 aromatic heterocycles. The molecule has 0 saturated carbocycles. The van der Waals surface area contributed by atoms with Crippen molar-refractivity contribution in [3.05, 3.63) is 0 Å². The topological polar surface area (TPSA) is 98.5 Å². The third-order valence-electron chi connectivity index (χ3n) is 3.34. The highest BCUT2D eigenvalue weighted by atomic mass is 16.5. The lowest BCUT2D eigenvalue weighted by molar-refractivity contribution is -0.130. The predicted octanol–water partition coefficient (Wildman–Crippen LogP) is -0.249. The summed E-state index contributed by atoms with van der Waals surface area (Å²) in [4.78, 5) is 34.2. The van der Waals surface area contributed by atoms with E-state index in [4.69, 9.17) is 10.5 Å². The molecule has 1 fully saturated rings. The third-order valence-corrected chi connectivity index (χ3v) is 3.34. The van der Waals surface area contributed by atoms with Crippen molar-refractivity contribution in [3.63, 3.8) is 0 Å². The summed E-state index contributed by atoms with van der Waals surface area (Å²) in [6, 6.07) is 0. The number of ether oxygens (including phenoxy) is 1. The number of rotatable bonds is 5. The first-order valence-corrected chi connectivity index (χ1v) is 6.00. The van der Waals surface area contributed by atoms with Crippen LogP contribution in [0, 0.1) is 5.92 Å². The van der Waals surface area contributed by atoms with Gasteiger partial charge in [0.1, 0.15) is 12.1 Å². The smallest absolute Gasteiger partial charge is 0.221 e. The van der Waals surface area contributed by atoms with E-state index in [1.807, 2.05) is 0 Å². The largest absolute Gasteiger partial charge is 0.370 e. The minimum Gasteiger partial charge on any atom is -0.370 e. The molecule has 0 radical (unpaired) electrons. The van der Waals surface area contributed by atoms with E-state index in [9.17, 15) is 14.4 Å². The molecule has 0 aromatic rings. The van der Waals surface area contributed by atoms with Crippen LogP contribution < -0.4 is 11.1 Å². The molecule has 0 aromatic carbocycles. The lowest BCUT2D eigenvalue weighted by Crippen LogP contribution is -2.55. The summed E-state index contributed by atoms with van der Waals surface area (Å²) in [5.74, 6) is -0.975. The van der Waals surface area contributed by atoms with Crippen LogP contribution in [0.5, 0.6) is 0 Å². The van der Waals surface area contributed by atoms with Crippen molar-refractivity contribution in [2.24, 2.45) is 11.7 Å². The summed E-state index contributed by atoms with van der Waals surface area (Å²) in [6.07, 6.45) is -0.0248. The predicted molar refractivity (Wildman–Crippen MR) is 64.6 cm³/mol. The maximum absolute atomic E-state index is 11.8. The molecule has 1 aliphatic heterocycles. The quantitative estimate of drug-likeness (QED) is 0.708. The number of primary amides is 1. The maximum Gasteiger partial charge on any atom is 0.221 e. The van der Waals surface area contributed by atoms with Gasteiger partial charge in [-0.15, -0.1) is 0 Å². The van der Waals surface area contributed by atoms with E-state index in [-0.39, 0.29) is 43.2 Å². The normalized spacial score (nSPS) is 29.1. The Morgan fingerprint density at radius 2 is 2.17 bits per heavy atom. The van der Waals surface area contributed by atoms with Gasteiger partial charge in [-0.05, 0) is 19.8 Å². The van der Waals surface area contributed by atoms with Gasteiger partial charge in [-0.3, -0.25) is 14.4 Å². The van der Waals surface area contributed by atoms with Crippen LogP contribution >= 0.6 is 0 Å². The van der Waals surface area contributed by atoms with Gasteiger partial charge < -0.3 is 15.8 Å². The molecule has 0 bridgehead atoms. The SMILES string of the molecule is CC(CC(N)=O)CC(=O)NC1(C)C(=O)COC1C. The van der Waals surface area contributed by atoms with Crippen molar-refractivity contribution < 1.29 is 19.1 Å². The molecular weight excluding hydrogens is 236 g/mol. The van der Waals surface area contributed by atoms with Crippen LogP contribution in [-0.4, -0.2) is 35.8 Å². The van der Waals surface area contributed by atoms with Crippen molar-refractivity contribution in [2.45, 2.75) is 45.3 Å². The van der Waals surface area contributed by atoms with Gasteiger partial charge in [0, 0.05) is 12.8 Å². The van der Waals surface area contributed by atoms with E-state index < -0.39 is 11.4 Å². The third kappa shape index (κ3) is 3.29. The second kappa shape index (κ2) is 5.48. The summed E-state index contributed by atoms with van der Waals surface area (Å²) in [6.45, 7) is 5.19. The van der Waals surface area contributed by atoms with E-state index in [0.717, 1.165) is 0 Å². The Labute approximate surface area is 106 Å². The van der Waals surface area contributed by atoms with Crippen LogP contribution in [0.2, 0.25) is 0 Å². The zero-order valence-electron chi connectivity index (χ0n) is 11.0. The van der Waals surface area contributed by atoms with Crippen molar-refractivity contribution in [2.75, 3.05) is 6.61 Å². The highest BCUT2D eigenvalue weighted by Gasteiger charge is 2.46. The van der Waals surface area contributed by atoms with Gasteiger partial charge in [0.2, 0.25) is 11.8 Å². The Bertz CT molecular complexity index is 369. The highest BCUT2D eigenvalue weighted by molar-refractivity contribution is 5.95. The second-order valence-electron chi connectivity index (χ2n) is 5.11. The van der Waals surface area contributed by atoms with Crippen LogP contribution in [0.3, 0.4) is 0 Å². The first-order chi connectivity index (χ1) is 8.25. The Hall–Kier alpha value is -1.43. The molecule has 6 nitrogen and oxygen atoms in total. The van der Waals surface area contributed by atoms with Gasteiger partial charge in [0.15, 0.2) is 5.78 Å². The molecule has 6 heteroatoms. The van der Waals surface area contributed by atoms with Gasteiger partial charge in [-0.2, -0.15) is 0 Å². The van der Waals surface area contributed by atoms with Crippen LogP contribution in [0.25, 0.3) is 0 Å². The summed E-state index contributed by atoms with van der Waals surface area (Å²) in [5.41, 5.74) is 4.09. The van der Waals surface area contributed by atoms with E-state index in [2.05, 4.69) is 5.32 Å². The Morgan fingerprint density at radius 1 is 1.56 bits per heavy atom. The van der Waals surface area contributed by atoms with Gasteiger partial charge in [-0.25, -0.2) is 0 Å². The molecular formula is C12H20N2O4. The summed E-state index contributed by atoms with van der Waals surface area (Å²) in [7, 11) is 0. The average molecular weight is 256 g/mol. The summed E-state index contributed by atoms with van der Waals surface area (Å²) in [5, 5.41) is 2.69. The van der Waals surface area contributed by atoms with Gasteiger partial charge in [0.05, 0.1) is 6.10 Å². The summed E-state index contributed by atoms with van der Waals surface area (Å²) < 4.78 is 5.21. The van der Waals surface area contributed by atoms with E-state index in [1.54, 1.807) is 20.8 Å². The molecule has 1 heterocycles. The fourth-order valence-electron chi connectivity index (χ4n) is 1.99. The molecule has 1 saturated heterocycles. The van der Waals surface area contributed by atoms with Gasteiger partial charge in [0.25, 0.3) is 0 Å². The molecule has 0 aliphatic carbocycles. The van der Waals surface area contributed by atoms with Crippen LogP contribution in [0.4, 0.5) is 0 Å². The fraction of sp³-hybridized carbons (Fsp3) is 0.750. The van der Waals surface area contributed by atoms with Crippen molar-refractivity contribution >= 4 is 17.6 Å². The number of nitrogens with one attached hydrogen (secondary N) is 1. The first kappa shape index (κ1) is 14.6. The molecule has 2 amide bonds. The number of carbonyl (C=O) groups excluding carboxylic acids is 3. The second-order valence-corrected chi connectivity index (χ2v) is 5.11. The Balaban J connectivity index is 2.54. The maximum atomic E-state index is 11.8. The lowest BCUT2D eigenvalue weighted by atomic mass is 9.92. The zero-order valence-corrected chi connectivity index (χ0v) is 11.0. The lowest BCUT2D eigenvalue weighted by Gasteiger charge is -2.27. The molecule has 3 N–H and O–H groups in total. The Kier molecular flexibility index (Phi) is 4.45. The highest BCUT2D eigenvalue weighted by Crippen LogP contribution is 2.22. The minimum absolute atomic E-state index is 0.0226. The number of nitrogens with two attached hydrogens (primary N) is 1. The number of carbonyl (C=O) groups is 3. The van der Waals surface area contributed by atoms with Crippen LogP contribution in [0.15, 0.2) is 0 Å². The van der Waals surface area contributed by atoms with Crippen molar-refractivity contribution in [1.82, 2.24) is 5.32 Å². The molecule has 102 valence electrons. The first-order valence-electron chi connectivity index (χ1n) is 6.00. The van der Waals surface area contributed by atoms with Crippen molar-refractivity contribution in [3.8, 4) is 0 Å². The van der Waals surface area contributed by atoms with Crippen LogP contribution in [0.1, 0.15) is 33.6 Å². The van der Waals surface area contributed by atoms with Gasteiger partial charge >= 0.3 is 0 Å². The summed E-state index contributed by atoms with van der Waals surface area (Å²) >= 11 is 0. The average Bonchev–Trinajstić information content (AvgIpc) is 2.44. The van der Waals surface area contributed by atoms with E-state index >= 15 is 0 Å². The number of hydrogen-bond acceptors (Lipinski definition) is 4. The molecule has 0 spiro atoms. The molecule has 3 unspecified atom stereocenters. The number of hydrogen-bond donors (Lipinski definition) is 2. The standard InChI is InChI=1S/C12H20N2O4/c1-7(4-10(13)16)5-11(17)14-12(3)8(2)18-6-9(12)15/h7-8H,4-6H2,1-3H3,(H2,13,16)(H,14,17). The minimum atomic E-state index is -0.969. The van der Waals surface area contributed by atoms with Crippen molar-refractivity contribution in [1.29, 1.82) is 0 Å². The Morgan fingerprint density at radius 3 is 2.61 bits per heavy atom.